The minimum Gasteiger partial charge on any atom is -0.462 e. The largest absolute Gasteiger partial charge is 0.462 e. The maximum absolute atomic E-state index is 10.8. The first kappa shape index (κ1) is 13.5. The van der Waals surface area contributed by atoms with Crippen LogP contribution in [0.4, 0.5) is 0 Å². The first-order valence-corrected chi connectivity index (χ1v) is 5.65. The molecular formula is C6H14NO6P. The summed E-state index contributed by atoms with van der Waals surface area (Å²) in [5, 5.41) is 2.27. The van der Waals surface area contributed by atoms with Gasteiger partial charge in [0.1, 0.15) is 6.61 Å². The van der Waals surface area contributed by atoms with Crippen LogP contribution in [-0.4, -0.2) is 48.9 Å². The molecule has 0 heterocycles. The first-order chi connectivity index (χ1) is 6.45. The molecule has 8 heteroatoms. The Labute approximate surface area is 81.6 Å². The van der Waals surface area contributed by atoms with Crippen LogP contribution in [0.15, 0.2) is 0 Å². The third-order valence-corrected chi connectivity index (χ3v) is 1.77. The topological polar surface area (TPSA) is 105 Å². The van der Waals surface area contributed by atoms with Gasteiger partial charge in [0.2, 0.25) is 0 Å². The Kier molecular flexibility index (Phi) is 6.69. The minimum atomic E-state index is -4.10. The fourth-order valence-corrected chi connectivity index (χ4v) is 0.997. The van der Waals surface area contributed by atoms with Gasteiger partial charge in [-0.1, -0.05) is 0 Å². The summed E-state index contributed by atoms with van der Waals surface area (Å²) in [5.74, 6) is -0.574. The van der Waals surface area contributed by atoms with Gasteiger partial charge in [0.05, 0.1) is 19.4 Å². The highest BCUT2D eigenvalue weighted by molar-refractivity contribution is 7.51. The summed E-state index contributed by atoms with van der Waals surface area (Å²) in [7, 11) is -2.63. The molecule has 0 saturated carbocycles. The Bertz CT molecular complexity index is 214. The molecule has 0 unspecified atom stereocenters. The van der Waals surface area contributed by atoms with Crippen LogP contribution in [0.2, 0.25) is 0 Å². The molecule has 0 rings (SSSR count). The van der Waals surface area contributed by atoms with Crippen molar-refractivity contribution in [2.24, 2.45) is 0 Å². The molecule has 0 aliphatic carbocycles. The fraction of sp³-hybridized carbons (Fsp3) is 0.833. The van der Waals surface area contributed by atoms with Crippen molar-refractivity contribution in [1.29, 1.82) is 0 Å². The molecule has 0 radical (unpaired) electrons. The Morgan fingerprint density at radius 1 is 1.43 bits per heavy atom. The van der Waals surface area contributed by atoms with Gasteiger partial charge in [0.15, 0.2) is 0 Å². The van der Waals surface area contributed by atoms with E-state index in [1.807, 2.05) is 0 Å². The number of rotatable bonds is 7. The molecule has 0 aliphatic rings. The van der Waals surface area contributed by atoms with E-state index in [4.69, 9.17) is 9.79 Å². The predicted molar refractivity (Wildman–Crippen MR) is 47.7 cm³/mol. The van der Waals surface area contributed by atoms with Crippen molar-refractivity contribution in [3.05, 3.63) is 0 Å². The molecule has 84 valence electrons. The molecule has 0 aliphatic heterocycles. The monoisotopic (exact) mass is 227 g/mol. The predicted octanol–water partition coefficient (Wildman–Crippen LogP) is -1.10. The molecule has 7 nitrogen and oxygen atoms in total. The van der Waals surface area contributed by atoms with Crippen molar-refractivity contribution >= 4 is 13.6 Å². The average molecular weight is 227 g/mol. The van der Waals surface area contributed by atoms with Crippen LogP contribution < -0.4 is 5.32 Å². The zero-order valence-corrected chi connectivity index (χ0v) is 8.70. The molecule has 0 aromatic carbocycles. The molecule has 0 aromatic rings. The molecule has 0 atom stereocenters. The second kappa shape index (κ2) is 6.92. The van der Waals surface area contributed by atoms with Gasteiger partial charge >= 0.3 is 13.6 Å². The van der Waals surface area contributed by atoms with Crippen molar-refractivity contribution in [2.45, 2.75) is 0 Å². The van der Waals surface area contributed by atoms with E-state index in [1.165, 1.54) is 7.11 Å². The van der Waals surface area contributed by atoms with E-state index in [-0.39, 0.29) is 13.2 Å². The van der Waals surface area contributed by atoms with Crippen molar-refractivity contribution in [3.63, 3.8) is 0 Å². The van der Waals surface area contributed by atoms with Gasteiger partial charge in [-0.25, -0.2) is 0 Å². The Balaban J connectivity index is 3.41. The quantitative estimate of drug-likeness (QED) is 0.288. The van der Waals surface area contributed by atoms with Crippen molar-refractivity contribution < 1.29 is 28.6 Å². The second-order valence-corrected chi connectivity index (χ2v) is 4.11. The summed E-state index contributed by atoms with van der Waals surface area (Å²) >= 11 is 0. The van der Waals surface area contributed by atoms with E-state index < -0.39 is 19.9 Å². The lowest BCUT2D eigenvalue weighted by Gasteiger charge is -2.06. The van der Waals surface area contributed by atoms with E-state index in [0.29, 0.717) is 6.61 Å². The van der Waals surface area contributed by atoms with Gasteiger partial charge in [-0.2, -0.15) is 0 Å². The lowest BCUT2D eigenvalue weighted by molar-refractivity contribution is -0.143. The van der Waals surface area contributed by atoms with E-state index >= 15 is 0 Å². The number of nitrogens with one attached hydrogen (secondary N) is 1. The summed E-state index contributed by atoms with van der Waals surface area (Å²) in [4.78, 5) is 27.7. The van der Waals surface area contributed by atoms with Crippen molar-refractivity contribution in [2.75, 3.05) is 33.2 Å². The first-order valence-electron chi connectivity index (χ1n) is 3.85. The van der Waals surface area contributed by atoms with Gasteiger partial charge in [-0.05, 0) is 0 Å². The summed E-state index contributed by atoms with van der Waals surface area (Å²) in [6.45, 7) is 0.200. The Morgan fingerprint density at radius 3 is 2.57 bits per heavy atom. The molecule has 0 fully saturated rings. The second-order valence-electron chi connectivity index (χ2n) is 2.46. The smallest absolute Gasteiger partial charge is 0.339 e. The van der Waals surface area contributed by atoms with Crippen LogP contribution in [0.3, 0.4) is 0 Å². The van der Waals surface area contributed by atoms with Crippen molar-refractivity contribution in [1.82, 2.24) is 5.32 Å². The zero-order chi connectivity index (χ0) is 11.0. The lowest BCUT2D eigenvalue weighted by atomic mass is 10.6. The van der Waals surface area contributed by atoms with Crippen LogP contribution in [-0.2, 0) is 18.8 Å². The molecule has 0 bridgehead atoms. The molecule has 14 heavy (non-hydrogen) atoms. The standard InChI is InChI=1S/C6H14NO6P/c1-12-2-3-13-6(8)4-7-5-14(9,10)11/h7H,2-5H2,1H3,(H2,9,10,11). The van der Waals surface area contributed by atoms with E-state index in [2.05, 4.69) is 14.8 Å². The van der Waals surface area contributed by atoms with Crippen LogP contribution in [0.5, 0.6) is 0 Å². The molecule has 0 amide bonds. The SMILES string of the molecule is COCCOC(=O)CNCP(=O)(O)O. The van der Waals surface area contributed by atoms with Gasteiger partial charge in [0, 0.05) is 7.11 Å². The highest BCUT2D eigenvalue weighted by Crippen LogP contribution is 2.31. The summed E-state index contributed by atoms with van der Waals surface area (Å²) < 4.78 is 19.6. The van der Waals surface area contributed by atoms with Gasteiger partial charge in [-0.3, -0.25) is 14.7 Å². The number of carbonyl (C=O) groups excluding carboxylic acids is 1. The van der Waals surface area contributed by atoms with Crippen LogP contribution in [0.1, 0.15) is 0 Å². The Morgan fingerprint density at radius 2 is 2.07 bits per heavy atom. The summed E-state index contributed by atoms with van der Waals surface area (Å²) in [5.41, 5.74) is 0. The van der Waals surface area contributed by atoms with E-state index in [0.717, 1.165) is 0 Å². The van der Waals surface area contributed by atoms with Crippen LogP contribution in [0, 0.1) is 0 Å². The van der Waals surface area contributed by atoms with E-state index in [1.54, 1.807) is 0 Å². The number of hydrogen-bond acceptors (Lipinski definition) is 5. The molecule has 0 saturated heterocycles. The van der Waals surface area contributed by atoms with Crippen LogP contribution >= 0.6 is 7.60 Å². The normalized spacial score (nSPS) is 11.4. The molecule has 3 N–H and O–H groups in total. The third-order valence-electron chi connectivity index (χ3n) is 1.14. The molecule has 0 spiro atoms. The molecule has 0 aromatic heterocycles. The van der Waals surface area contributed by atoms with Gasteiger partial charge < -0.3 is 19.3 Å². The molecular weight excluding hydrogens is 213 g/mol. The van der Waals surface area contributed by atoms with Crippen LogP contribution in [0.25, 0.3) is 0 Å². The third kappa shape index (κ3) is 9.63. The average Bonchev–Trinajstić information content (AvgIpc) is 2.02. The van der Waals surface area contributed by atoms with Crippen molar-refractivity contribution in [3.8, 4) is 0 Å². The summed E-state index contributed by atoms with van der Waals surface area (Å²) in [6, 6.07) is 0. The number of carbonyl (C=O) groups is 1. The fourth-order valence-electron chi connectivity index (χ4n) is 0.593. The van der Waals surface area contributed by atoms with Gasteiger partial charge in [0.25, 0.3) is 0 Å². The maximum atomic E-state index is 10.8. The summed E-state index contributed by atoms with van der Waals surface area (Å²) in [6.07, 6.45) is -0.535. The zero-order valence-electron chi connectivity index (χ0n) is 7.80. The minimum absolute atomic E-state index is 0.132. The number of esters is 1. The Hall–Kier alpha value is -0.460. The number of hydrogen-bond donors (Lipinski definition) is 3. The number of methoxy groups -OCH3 is 1. The highest BCUT2D eigenvalue weighted by Gasteiger charge is 2.12. The highest BCUT2D eigenvalue weighted by atomic mass is 31.2. The van der Waals surface area contributed by atoms with Gasteiger partial charge in [-0.15, -0.1) is 0 Å². The maximum Gasteiger partial charge on any atom is 0.339 e. The lowest BCUT2D eigenvalue weighted by Crippen LogP contribution is -2.26. The number of ether oxygens (including phenoxy) is 2. The van der Waals surface area contributed by atoms with E-state index in [9.17, 15) is 9.36 Å².